The number of nitrogens with one attached hydrogen (secondary N) is 1. The molecular formula is C13H14Cl2N4O. The first-order chi connectivity index (χ1) is 9.47. The zero-order chi connectivity index (χ0) is 14.7. The second-order valence-corrected chi connectivity index (χ2v) is 5.19. The summed E-state index contributed by atoms with van der Waals surface area (Å²) in [7, 11) is 0. The lowest BCUT2D eigenvalue weighted by molar-refractivity contribution is -0.116. The number of hydrogen-bond acceptors (Lipinski definition) is 3. The maximum absolute atomic E-state index is 11.9. The molecule has 0 radical (unpaired) electrons. The Morgan fingerprint density at radius 2 is 2.20 bits per heavy atom. The van der Waals surface area contributed by atoms with Gasteiger partial charge in [-0.3, -0.25) is 9.48 Å². The predicted octanol–water partition coefficient (Wildman–Crippen LogP) is 3.11. The minimum Gasteiger partial charge on any atom is -0.397 e. The van der Waals surface area contributed by atoms with E-state index >= 15 is 0 Å². The number of anilines is 2. The van der Waals surface area contributed by atoms with Crippen molar-refractivity contribution in [3.63, 3.8) is 0 Å². The number of nitrogens with two attached hydrogens (primary N) is 1. The quantitative estimate of drug-likeness (QED) is 0.852. The molecule has 0 saturated heterocycles. The van der Waals surface area contributed by atoms with Crippen LogP contribution in [0.5, 0.6) is 0 Å². The van der Waals surface area contributed by atoms with Gasteiger partial charge in [-0.25, -0.2) is 0 Å². The summed E-state index contributed by atoms with van der Waals surface area (Å²) >= 11 is 11.8. The van der Waals surface area contributed by atoms with E-state index < -0.39 is 0 Å². The van der Waals surface area contributed by atoms with Crippen molar-refractivity contribution >= 4 is 40.5 Å². The molecule has 0 bridgehead atoms. The molecular weight excluding hydrogens is 299 g/mol. The van der Waals surface area contributed by atoms with Gasteiger partial charge < -0.3 is 11.1 Å². The van der Waals surface area contributed by atoms with Crippen LogP contribution < -0.4 is 11.1 Å². The van der Waals surface area contributed by atoms with Crippen LogP contribution in [0.3, 0.4) is 0 Å². The first-order valence-electron chi connectivity index (χ1n) is 6.00. The van der Waals surface area contributed by atoms with E-state index in [-0.39, 0.29) is 12.3 Å². The predicted molar refractivity (Wildman–Crippen MR) is 81.1 cm³/mol. The molecule has 2 aromatic rings. The summed E-state index contributed by atoms with van der Waals surface area (Å²) in [6, 6.07) is 4.96. The van der Waals surface area contributed by atoms with Gasteiger partial charge in [-0.05, 0) is 25.1 Å². The molecule has 0 saturated carbocycles. The molecule has 0 spiro atoms. The zero-order valence-corrected chi connectivity index (χ0v) is 12.4. The number of aromatic nitrogens is 2. The van der Waals surface area contributed by atoms with E-state index in [9.17, 15) is 4.79 Å². The Bertz CT molecular complexity index is 616. The number of halogens is 2. The first kappa shape index (κ1) is 14.7. The van der Waals surface area contributed by atoms with Gasteiger partial charge in [0.2, 0.25) is 5.91 Å². The fourth-order valence-electron chi connectivity index (χ4n) is 1.77. The molecule has 0 unspecified atom stereocenters. The number of nitrogens with zero attached hydrogens (tertiary/aromatic N) is 2. The van der Waals surface area contributed by atoms with Crippen molar-refractivity contribution in [1.82, 2.24) is 9.78 Å². The molecule has 0 aliphatic heterocycles. The van der Waals surface area contributed by atoms with Crippen LogP contribution in [0.1, 0.15) is 12.1 Å². The third kappa shape index (κ3) is 3.43. The third-order valence-corrected chi connectivity index (χ3v) is 3.35. The van der Waals surface area contributed by atoms with Crippen LogP contribution in [0.4, 0.5) is 11.4 Å². The highest BCUT2D eigenvalue weighted by Gasteiger charge is 2.11. The van der Waals surface area contributed by atoms with Gasteiger partial charge >= 0.3 is 0 Å². The van der Waals surface area contributed by atoms with Crippen molar-refractivity contribution in [2.75, 3.05) is 11.1 Å². The average molecular weight is 313 g/mol. The van der Waals surface area contributed by atoms with Gasteiger partial charge in [0.1, 0.15) is 0 Å². The minimum absolute atomic E-state index is 0.184. The van der Waals surface area contributed by atoms with Crippen molar-refractivity contribution in [2.45, 2.75) is 19.9 Å². The Hall–Kier alpha value is -1.72. The van der Waals surface area contributed by atoms with E-state index in [0.717, 1.165) is 5.69 Å². The summed E-state index contributed by atoms with van der Waals surface area (Å²) in [5, 5.41) is 7.55. The monoisotopic (exact) mass is 312 g/mol. The second-order valence-electron chi connectivity index (χ2n) is 4.35. The molecule has 2 rings (SSSR count). The van der Waals surface area contributed by atoms with Crippen LogP contribution in [0.15, 0.2) is 24.4 Å². The van der Waals surface area contributed by atoms with E-state index in [0.29, 0.717) is 28.0 Å². The molecule has 1 heterocycles. The van der Waals surface area contributed by atoms with Gasteiger partial charge in [-0.15, -0.1) is 0 Å². The normalized spacial score (nSPS) is 10.6. The first-order valence-corrected chi connectivity index (χ1v) is 6.75. The number of aryl methyl sites for hydroxylation is 2. The lowest BCUT2D eigenvalue weighted by atomic mass is 10.2. The van der Waals surface area contributed by atoms with Crippen molar-refractivity contribution in [2.24, 2.45) is 0 Å². The number of benzene rings is 1. The molecule has 0 aliphatic rings. The number of carbonyl (C=O) groups is 1. The fraction of sp³-hybridized carbons (Fsp3) is 0.231. The summed E-state index contributed by atoms with van der Waals surface area (Å²) in [5.74, 6) is -0.184. The lowest BCUT2D eigenvalue weighted by Crippen LogP contribution is -2.16. The highest BCUT2D eigenvalue weighted by molar-refractivity contribution is 6.37. The molecule has 106 valence electrons. The van der Waals surface area contributed by atoms with Gasteiger partial charge in [0.05, 0.1) is 16.4 Å². The minimum atomic E-state index is -0.184. The van der Waals surface area contributed by atoms with E-state index in [1.54, 1.807) is 16.9 Å². The fourth-order valence-corrected chi connectivity index (χ4v) is 2.32. The van der Waals surface area contributed by atoms with Gasteiger partial charge in [0.15, 0.2) is 0 Å². The van der Waals surface area contributed by atoms with Crippen molar-refractivity contribution in [1.29, 1.82) is 0 Å². The van der Waals surface area contributed by atoms with Crippen LogP contribution in [0.2, 0.25) is 10.0 Å². The number of nitrogen functional groups attached to an aromatic ring is 1. The van der Waals surface area contributed by atoms with Gasteiger partial charge in [0, 0.05) is 29.9 Å². The summed E-state index contributed by atoms with van der Waals surface area (Å²) in [4.78, 5) is 11.9. The number of amides is 1. The van der Waals surface area contributed by atoms with Crippen LogP contribution in [0.25, 0.3) is 0 Å². The van der Waals surface area contributed by atoms with E-state index in [1.807, 2.05) is 13.0 Å². The van der Waals surface area contributed by atoms with E-state index in [2.05, 4.69) is 10.4 Å². The Kier molecular flexibility index (Phi) is 4.52. The molecule has 1 amide bonds. The topological polar surface area (TPSA) is 72.9 Å². The largest absolute Gasteiger partial charge is 0.397 e. The second kappa shape index (κ2) is 6.15. The van der Waals surface area contributed by atoms with Crippen LogP contribution in [-0.4, -0.2) is 15.7 Å². The zero-order valence-electron chi connectivity index (χ0n) is 10.9. The van der Waals surface area contributed by atoms with Crippen molar-refractivity contribution in [3.05, 3.63) is 40.1 Å². The van der Waals surface area contributed by atoms with E-state index in [1.165, 1.54) is 6.07 Å². The number of rotatable bonds is 4. The maximum Gasteiger partial charge on any atom is 0.226 e. The molecule has 0 fully saturated rings. The smallest absolute Gasteiger partial charge is 0.226 e. The third-order valence-electron chi connectivity index (χ3n) is 2.83. The highest BCUT2D eigenvalue weighted by Crippen LogP contribution is 2.32. The van der Waals surface area contributed by atoms with Crippen LogP contribution in [-0.2, 0) is 11.3 Å². The van der Waals surface area contributed by atoms with E-state index in [4.69, 9.17) is 28.9 Å². The Balaban J connectivity index is 2.00. The highest BCUT2D eigenvalue weighted by atomic mass is 35.5. The van der Waals surface area contributed by atoms with Crippen molar-refractivity contribution < 1.29 is 4.79 Å². The Morgan fingerprint density at radius 3 is 2.80 bits per heavy atom. The van der Waals surface area contributed by atoms with Gasteiger partial charge in [-0.2, -0.15) is 5.10 Å². The summed E-state index contributed by atoms with van der Waals surface area (Å²) in [6.45, 7) is 2.43. The SMILES string of the molecule is Cc1ccnn1CCC(=O)Nc1c(N)cc(Cl)cc1Cl. The van der Waals surface area contributed by atoms with Crippen LogP contribution >= 0.6 is 23.2 Å². The molecule has 5 nitrogen and oxygen atoms in total. The van der Waals surface area contributed by atoms with Gasteiger partial charge in [-0.1, -0.05) is 23.2 Å². The molecule has 0 aliphatic carbocycles. The number of carbonyl (C=O) groups excluding carboxylic acids is 1. The summed E-state index contributed by atoms with van der Waals surface area (Å²) in [5.41, 5.74) is 7.51. The molecule has 20 heavy (non-hydrogen) atoms. The lowest BCUT2D eigenvalue weighted by Gasteiger charge is -2.11. The summed E-state index contributed by atoms with van der Waals surface area (Å²) in [6.07, 6.45) is 1.97. The molecule has 3 N–H and O–H groups in total. The van der Waals surface area contributed by atoms with Gasteiger partial charge in [0.25, 0.3) is 0 Å². The number of hydrogen-bond donors (Lipinski definition) is 2. The molecule has 0 atom stereocenters. The van der Waals surface area contributed by atoms with Crippen LogP contribution in [0, 0.1) is 6.92 Å². The average Bonchev–Trinajstić information content (AvgIpc) is 2.77. The Labute approximate surface area is 126 Å². The van der Waals surface area contributed by atoms with Crippen molar-refractivity contribution in [3.8, 4) is 0 Å². The molecule has 7 heteroatoms. The summed E-state index contributed by atoms with van der Waals surface area (Å²) < 4.78 is 1.76. The standard InChI is InChI=1S/C13H14Cl2N4O/c1-8-2-4-17-19(8)5-3-12(20)18-13-10(15)6-9(14)7-11(13)16/h2,4,6-7H,3,5,16H2,1H3,(H,18,20). The maximum atomic E-state index is 11.9. The molecule has 1 aromatic carbocycles. The molecule has 1 aromatic heterocycles. The Morgan fingerprint density at radius 1 is 1.45 bits per heavy atom.